The number of rotatable bonds is 5. The summed E-state index contributed by atoms with van der Waals surface area (Å²) in [6, 6.07) is 0. The molecule has 0 aromatic carbocycles. The van der Waals surface area contributed by atoms with Crippen LogP contribution >= 0.6 is 0 Å². The van der Waals surface area contributed by atoms with Gasteiger partial charge in [-0.05, 0) is 45.8 Å². The molecular weight excluding hydrogens is 284 g/mol. The van der Waals surface area contributed by atoms with Crippen LogP contribution in [0.5, 0.6) is 0 Å². The van der Waals surface area contributed by atoms with Crippen molar-refractivity contribution >= 4 is 17.5 Å². The molecule has 2 aliphatic rings. The van der Waals surface area contributed by atoms with Crippen molar-refractivity contribution in [2.75, 3.05) is 33.2 Å². The van der Waals surface area contributed by atoms with E-state index in [4.69, 9.17) is 13.5 Å². The molecule has 2 aliphatic heterocycles. The van der Waals surface area contributed by atoms with Crippen LogP contribution < -0.4 is 0 Å². The molecule has 7 nitrogen and oxygen atoms in total. The Balaban J connectivity index is 1.81. The topological polar surface area (TPSA) is 79.3 Å². The van der Waals surface area contributed by atoms with Gasteiger partial charge in [0.15, 0.2) is 0 Å². The highest BCUT2D eigenvalue weighted by Gasteiger charge is 2.37. The number of piperidine rings is 1. The third-order valence-corrected chi connectivity index (χ3v) is 4.45. The normalized spacial score (nSPS) is 28.4. The van der Waals surface area contributed by atoms with Gasteiger partial charge in [-0.25, -0.2) is 4.79 Å². The molecule has 1 amide bonds. The third-order valence-electron chi connectivity index (χ3n) is 3.99. The Morgan fingerprint density at radius 3 is 2.75 bits per heavy atom. The largest absolute Gasteiger partial charge is 0.441 e. The van der Waals surface area contributed by atoms with Gasteiger partial charge in [0, 0.05) is 6.54 Å². The van der Waals surface area contributed by atoms with Crippen LogP contribution in [0, 0.1) is 5.92 Å². The summed E-state index contributed by atoms with van der Waals surface area (Å²) in [5, 5.41) is 0. The molecule has 2 rings (SSSR count). The zero-order valence-corrected chi connectivity index (χ0v) is 12.7. The number of likely N-dealkylation sites (tertiary alicyclic amines) is 1. The highest BCUT2D eigenvalue weighted by molar-refractivity contribution is 7.74. The molecule has 0 radical (unpaired) electrons. The lowest BCUT2D eigenvalue weighted by Gasteiger charge is -2.30. The lowest BCUT2D eigenvalue weighted by Crippen LogP contribution is -2.38. The fourth-order valence-corrected chi connectivity index (χ4v) is 3.06. The monoisotopic (exact) mass is 306 g/mol. The Morgan fingerprint density at radius 2 is 2.15 bits per heavy atom. The van der Waals surface area contributed by atoms with Gasteiger partial charge < -0.3 is 14.5 Å². The Kier molecular flexibility index (Phi) is 5.36. The average molecular weight is 306 g/mol. The first-order valence-electron chi connectivity index (χ1n) is 6.87. The van der Waals surface area contributed by atoms with E-state index in [1.54, 1.807) is 11.8 Å². The minimum absolute atomic E-state index is 0.354. The molecule has 0 bridgehead atoms. The predicted octanol–water partition coefficient (Wildman–Crippen LogP) is 0.691. The number of hydrogen-bond donors (Lipinski definition) is 1. The number of cyclic esters (lactones) is 1. The van der Waals surface area contributed by atoms with E-state index in [1.807, 2.05) is 0 Å². The van der Waals surface area contributed by atoms with E-state index in [-0.39, 0.29) is 6.09 Å². The molecule has 0 aliphatic carbocycles. The first-order valence-corrected chi connectivity index (χ1v) is 7.91. The van der Waals surface area contributed by atoms with Crippen LogP contribution in [-0.4, -0.2) is 70.1 Å². The zero-order chi connectivity index (χ0) is 14.7. The van der Waals surface area contributed by atoms with E-state index < -0.39 is 23.6 Å². The van der Waals surface area contributed by atoms with E-state index in [0.717, 1.165) is 25.9 Å². The van der Waals surface area contributed by atoms with Crippen molar-refractivity contribution in [2.24, 2.45) is 5.92 Å². The van der Waals surface area contributed by atoms with Gasteiger partial charge in [-0.2, -0.15) is 4.21 Å². The molecule has 8 heteroatoms. The van der Waals surface area contributed by atoms with Crippen LogP contribution in [0.25, 0.3) is 0 Å². The number of carbonyl (C=O) groups is 1. The second-order valence-corrected chi connectivity index (χ2v) is 6.22. The number of nitrogens with zero attached hydrogens (tertiary/aromatic N) is 2. The van der Waals surface area contributed by atoms with Gasteiger partial charge in [0.25, 0.3) is 0 Å². The summed E-state index contributed by atoms with van der Waals surface area (Å²) in [6.45, 7) is 4.85. The minimum Gasteiger partial charge on any atom is -0.441 e. The lowest BCUT2D eigenvalue weighted by molar-refractivity contribution is 0.0601. The van der Waals surface area contributed by atoms with Crippen LogP contribution in [0.1, 0.15) is 19.8 Å². The van der Waals surface area contributed by atoms with E-state index in [0.29, 0.717) is 19.0 Å². The van der Waals surface area contributed by atoms with Gasteiger partial charge in [0.05, 0.1) is 6.54 Å². The first-order chi connectivity index (χ1) is 9.45. The molecule has 116 valence electrons. The van der Waals surface area contributed by atoms with Gasteiger partial charge in [-0.3, -0.25) is 8.74 Å². The quantitative estimate of drug-likeness (QED) is 0.753. The fraction of sp³-hybridized carbons (Fsp3) is 0.917. The van der Waals surface area contributed by atoms with Crippen molar-refractivity contribution < 1.29 is 22.5 Å². The third kappa shape index (κ3) is 4.15. The van der Waals surface area contributed by atoms with Gasteiger partial charge in [0.2, 0.25) is 0 Å². The second-order valence-electron chi connectivity index (χ2n) is 5.59. The summed E-state index contributed by atoms with van der Waals surface area (Å²) in [5.41, 5.74) is 0. The zero-order valence-electron chi connectivity index (χ0n) is 11.9. The molecule has 0 aromatic rings. The summed E-state index contributed by atoms with van der Waals surface area (Å²) in [6.07, 6.45) is 0.736. The number of ether oxygens (including phenoxy) is 1. The summed E-state index contributed by atoms with van der Waals surface area (Å²) in [4.78, 5) is 15.8. The lowest BCUT2D eigenvalue weighted by atomic mass is 9.96. The maximum absolute atomic E-state index is 11.8. The molecule has 1 N–H and O–H groups in total. The first kappa shape index (κ1) is 15.7. The van der Waals surface area contributed by atoms with Crippen LogP contribution in [0.3, 0.4) is 0 Å². The Hall–Kier alpha value is -0.700. The maximum atomic E-state index is 11.8. The van der Waals surface area contributed by atoms with Crippen LogP contribution in [-0.2, 0) is 20.3 Å². The SMILES string of the molecule is CC(OS(=O)O)C1CN(CC2CCN(C)CC2)C(=O)O1. The van der Waals surface area contributed by atoms with Crippen molar-refractivity contribution in [1.82, 2.24) is 9.80 Å². The van der Waals surface area contributed by atoms with Crippen molar-refractivity contribution in [3.63, 3.8) is 0 Å². The van der Waals surface area contributed by atoms with Crippen LogP contribution in [0.4, 0.5) is 4.79 Å². The summed E-state index contributed by atoms with van der Waals surface area (Å²) in [5.74, 6) is 0.501. The molecule has 2 heterocycles. The molecule has 3 unspecified atom stereocenters. The van der Waals surface area contributed by atoms with E-state index in [2.05, 4.69) is 11.9 Å². The number of amides is 1. The minimum atomic E-state index is -2.34. The Bertz CT molecular complexity index is 373. The molecule has 0 saturated carbocycles. The highest BCUT2D eigenvalue weighted by atomic mass is 32.2. The molecule has 20 heavy (non-hydrogen) atoms. The molecule has 0 spiro atoms. The van der Waals surface area contributed by atoms with Crippen LogP contribution in [0.15, 0.2) is 0 Å². The fourth-order valence-electron chi connectivity index (χ4n) is 2.67. The molecule has 2 saturated heterocycles. The Labute approximate surface area is 121 Å². The van der Waals surface area contributed by atoms with Crippen molar-refractivity contribution in [3.8, 4) is 0 Å². The Morgan fingerprint density at radius 1 is 1.50 bits per heavy atom. The summed E-state index contributed by atoms with van der Waals surface area (Å²) in [7, 11) is 2.10. The highest BCUT2D eigenvalue weighted by Crippen LogP contribution is 2.22. The van der Waals surface area contributed by atoms with Gasteiger partial charge in [0.1, 0.15) is 12.2 Å². The van der Waals surface area contributed by atoms with Crippen LogP contribution in [0.2, 0.25) is 0 Å². The van der Waals surface area contributed by atoms with E-state index in [9.17, 15) is 9.00 Å². The van der Waals surface area contributed by atoms with Crippen molar-refractivity contribution in [3.05, 3.63) is 0 Å². The predicted molar refractivity (Wildman–Crippen MR) is 73.4 cm³/mol. The smallest absolute Gasteiger partial charge is 0.410 e. The molecular formula is C12H22N2O5S. The number of carbonyl (C=O) groups excluding carboxylic acids is 1. The molecule has 3 atom stereocenters. The van der Waals surface area contributed by atoms with Gasteiger partial charge in [-0.15, -0.1) is 0 Å². The van der Waals surface area contributed by atoms with E-state index >= 15 is 0 Å². The summed E-state index contributed by atoms with van der Waals surface area (Å²) < 4.78 is 29.3. The molecule has 2 fully saturated rings. The standard InChI is InChI=1S/C12H22N2O5S/c1-9(19-20(16)17)11-8-14(12(15)18-11)7-10-3-5-13(2)6-4-10/h9-11H,3-8H2,1-2H3,(H,16,17). The average Bonchev–Trinajstić information content (AvgIpc) is 2.73. The summed E-state index contributed by atoms with van der Waals surface area (Å²) >= 11 is -2.34. The maximum Gasteiger partial charge on any atom is 0.410 e. The van der Waals surface area contributed by atoms with Crippen molar-refractivity contribution in [2.45, 2.75) is 32.0 Å². The van der Waals surface area contributed by atoms with Gasteiger partial charge in [-0.1, -0.05) is 0 Å². The molecule has 0 aromatic heterocycles. The van der Waals surface area contributed by atoms with Crippen molar-refractivity contribution in [1.29, 1.82) is 0 Å². The van der Waals surface area contributed by atoms with Gasteiger partial charge >= 0.3 is 17.5 Å². The second kappa shape index (κ2) is 6.84. The number of hydrogen-bond acceptors (Lipinski definition) is 5. The van der Waals surface area contributed by atoms with E-state index in [1.165, 1.54) is 0 Å².